The van der Waals surface area contributed by atoms with Crippen LogP contribution in [0.3, 0.4) is 0 Å². The second kappa shape index (κ2) is 7.41. The van der Waals surface area contributed by atoms with Gasteiger partial charge in [-0.15, -0.1) is 0 Å². The minimum absolute atomic E-state index is 0.473. The highest BCUT2D eigenvalue weighted by Crippen LogP contribution is 2.28. The SMILES string of the molecule is CCCCCC[CH]C(C)(C)CCC. The van der Waals surface area contributed by atoms with Gasteiger partial charge in [0.2, 0.25) is 0 Å². The molecule has 0 aromatic rings. The van der Waals surface area contributed by atoms with Gasteiger partial charge in [0.25, 0.3) is 0 Å². The van der Waals surface area contributed by atoms with Crippen molar-refractivity contribution in [2.45, 2.75) is 72.6 Å². The Morgan fingerprint density at radius 2 is 1.62 bits per heavy atom. The molecule has 0 atom stereocenters. The summed E-state index contributed by atoms with van der Waals surface area (Å²) in [6.07, 6.45) is 12.0. The predicted octanol–water partition coefficient (Wildman–Crippen LogP) is 4.99. The van der Waals surface area contributed by atoms with Crippen LogP contribution in [0.15, 0.2) is 0 Å². The van der Waals surface area contributed by atoms with Gasteiger partial charge in [0.1, 0.15) is 0 Å². The minimum Gasteiger partial charge on any atom is -0.0654 e. The van der Waals surface area contributed by atoms with Crippen LogP contribution >= 0.6 is 0 Å². The van der Waals surface area contributed by atoms with Crippen molar-refractivity contribution in [3.8, 4) is 0 Å². The van der Waals surface area contributed by atoms with Crippen LogP contribution in [-0.2, 0) is 0 Å². The number of unbranched alkanes of at least 4 members (excludes halogenated alkanes) is 4. The fourth-order valence-electron chi connectivity index (χ4n) is 1.81. The van der Waals surface area contributed by atoms with Gasteiger partial charge in [0, 0.05) is 0 Å². The van der Waals surface area contributed by atoms with Crippen molar-refractivity contribution < 1.29 is 0 Å². The second-order valence-corrected chi connectivity index (χ2v) is 4.79. The maximum Gasteiger partial charge on any atom is -0.0323 e. The molecule has 0 heteroatoms. The van der Waals surface area contributed by atoms with Crippen molar-refractivity contribution in [2.24, 2.45) is 5.41 Å². The number of rotatable bonds is 8. The van der Waals surface area contributed by atoms with Crippen LogP contribution < -0.4 is 0 Å². The van der Waals surface area contributed by atoms with E-state index in [9.17, 15) is 0 Å². The Hall–Kier alpha value is 0. The monoisotopic (exact) mass is 183 g/mol. The molecule has 0 nitrogen and oxygen atoms in total. The molecule has 0 aliphatic rings. The molecule has 0 bridgehead atoms. The molecule has 0 fully saturated rings. The Morgan fingerprint density at radius 1 is 0.923 bits per heavy atom. The topological polar surface area (TPSA) is 0 Å². The van der Waals surface area contributed by atoms with Gasteiger partial charge in [0.15, 0.2) is 0 Å². The van der Waals surface area contributed by atoms with E-state index in [0.717, 1.165) is 0 Å². The largest absolute Gasteiger partial charge is 0.0654 e. The Morgan fingerprint density at radius 3 is 2.15 bits per heavy atom. The fourth-order valence-corrected chi connectivity index (χ4v) is 1.81. The van der Waals surface area contributed by atoms with Crippen LogP contribution in [0, 0.1) is 11.8 Å². The standard InChI is InChI=1S/C13H27/c1-5-7-8-9-10-12-13(3,4)11-6-2/h12H,5-11H2,1-4H3. The van der Waals surface area contributed by atoms with Crippen LogP contribution in [0.2, 0.25) is 0 Å². The molecule has 0 unspecified atom stereocenters. The zero-order valence-corrected chi connectivity index (χ0v) is 10.0. The fraction of sp³-hybridized carbons (Fsp3) is 0.923. The summed E-state index contributed by atoms with van der Waals surface area (Å²) in [7, 11) is 0. The number of hydrogen-bond donors (Lipinski definition) is 0. The zero-order valence-electron chi connectivity index (χ0n) is 10.0. The predicted molar refractivity (Wildman–Crippen MR) is 61.7 cm³/mol. The lowest BCUT2D eigenvalue weighted by atomic mass is 9.83. The Balaban J connectivity index is 3.29. The third kappa shape index (κ3) is 8.33. The van der Waals surface area contributed by atoms with E-state index in [-0.39, 0.29) is 0 Å². The van der Waals surface area contributed by atoms with Crippen molar-refractivity contribution in [2.75, 3.05) is 0 Å². The first-order chi connectivity index (χ1) is 6.12. The third-order valence-electron chi connectivity index (χ3n) is 2.65. The highest BCUT2D eigenvalue weighted by atomic mass is 14.2. The molecule has 0 rings (SSSR count). The summed E-state index contributed by atoms with van der Waals surface area (Å²) in [5.74, 6) is 0. The Labute approximate surface area is 85.1 Å². The minimum atomic E-state index is 0.473. The molecular formula is C13H27. The van der Waals surface area contributed by atoms with Gasteiger partial charge in [0.05, 0.1) is 0 Å². The van der Waals surface area contributed by atoms with Crippen LogP contribution in [0.1, 0.15) is 72.6 Å². The van der Waals surface area contributed by atoms with Gasteiger partial charge in [-0.1, -0.05) is 59.8 Å². The summed E-state index contributed by atoms with van der Waals surface area (Å²) in [6, 6.07) is 0. The van der Waals surface area contributed by atoms with Crippen molar-refractivity contribution >= 4 is 0 Å². The van der Waals surface area contributed by atoms with Gasteiger partial charge in [-0.25, -0.2) is 0 Å². The summed E-state index contributed by atoms with van der Waals surface area (Å²) in [4.78, 5) is 0. The highest BCUT2D eigenvalue weighted by molar-refractivity contribution is 4.83. The molecule has 0 aromatic carbocycles. The molecule has 1 radical (unpaired) electrons. The average Bonchev–Trinajstić information content (AvgIpc) is 2.04. The first kappa shape index (κ1) is 13.0. The molecule has 0 spiro atoms. The maximum atomic E-state index is 2.52. The first-order valence-electron chi connectivity index (χ1n) is 5.96. The lowest BCUT2D eigenvalue weighted by molar-refractivity contribution is 0.377. The van der Waals surface area contributed by atoms with Crippen LogP contribution in [0.4, 0.5) is 0 Å². The molecule has 0 aliphatic heterocycles. The molecule has 0 heterocycles. The van der Waals surface area contributed by atoms with Crippen LogP contribution in [-0.4, -0.2) is 0 Å². The van der Waals surface area contributed by atoms with Crippen molar-refractivity contribution in [3.05, 3.63) is 6.42 Å². The smallest absolute Gasteiger partial charge is 0.0323 e. The van der Waals surface area contributed by atoms with E-state index in [1.807, 2.05) is 0 Å². The molecule has 0 aromatic heterocycles. The molecule has 0 aliphatic carbocycles. The lowest BCUT2D eigenvalue weighted by Crippen LogP contribution is -2.11. The summed E-state index contributed by atoms with van der Waals surface area (Å²) < 4.78 is 0. The van der Waals surface area contributed by atoms with E-state index in [4.69, 9.17) is 0 Å². The molecule has 13 heavy (non-hydrogen) atoms. The van der Waals surface area contributed by atoms with E-state index in [1.54, 1.807) is 0 Å². The van der Waals surface area contributed by atoms with Crippen molar-refractivity contribution in [1.29, 1.82) is 0 Å². The summed E-state index contributed by atoms with van der Waals surface area (Å²) >= 11 is 0. The van der Waals surface area contributed by atoms with E-state index in [1.165, 1.54) is 44.9 Å². The van der Waals surface area contributed by atoms with Crippen LogP contribution in [0.5, 0.6) is 0 Å². The van der Waals surface area contributed by atoms with E-state index in [2.05, 4.69) is 34.1 Å². The Kier molecular flexibility index (Phi) is 7.41. The quantitative estimate of drug-likeness (QED) is 0.465. The second-order valence-electron chi connectivity index (χ2n) is 4.79. The van der Waals surface area contributed by atoms with Crippen molar-refractivity contribution in [1.82, 2.24) is 0 Å². The Bertz CT molecular complexity index is 103. The molecule has 0 saturated carbocycles. The van der Waals surface area contributed by atoms with Crippen LogP contribution in [0.25, 0.3) is 0 Å². The lowest BCUT2D eigenvalue weighted by Gasteiger charge is -2.23. The van der Waals surface area contributed by atoms with E-state index >= 15 is 0 Å². The normalized spacial score (nSPS) is 12.0. The zero-order chi connectivity index (χ0) is 10.2. The third-order valence-corrected chi connectivity index (χ3v) is 2.65. The van der Waals surface area contributed by atoms with Gasteiger partial charge < -0.3 is 0 Å². The van der Waals surface area contributed by atoms with E-state index in [0.29, 0.717) is 5.41 Å². The summed E-state index contributed by atoms with van der Waals surface area (Å²) in [5, 5.41) is 0. The maximum absolute atomic E-state index is 2.52. The molecule has 0 amide bonds. The molecule has 0 saturated heterocycles. The number of hydrogen-bond acceptors (Lipinski definition) is 0. The van der Waals surface area contributed by atoms with Crippen molar-refractivity contribution in [3.63, 3.8) is 0 Å². The molecule has 79 valence electrons. The molecular weight excluding hydrogens is 156 g/mol. The van der Waals surface area contributed by atoms with Gasteiger partial charge >= 0.3 is 0 Å². The summed E-state index contributed by atoms with van der Waals surface area (Å²) in [5.41, 5.74) is 0.473. The molecule has 0 N–H and O–H groups in total. The van der Waals surface area contributed by atoms with E-state index < -0.39 is 0 Å². The van der Waals surface area contributed by atoms with Gasteiger partial charge in [-0.2, -0.15) is 0 Å². The van der Waals surface area contributed by atoms with Gasteiger partial charge in [-0.05, 0) is 24.7 Å². The highest BCUT2D eigenvalue weighted by Gasteiger charge is 2.15. The first-order valence-corrected chi connectivity index (χ1v) is 5.96. The summed E-state index contributed by atoms with van der Waals surface area (Å²) in [6.45, 7) is 9.25. The average molecular weight is 183 g/mol. The van der Waals surface area contributed by atoms with Gasteiger partial charge in [-0.3, -0.25) is 0 Å².